The van der Waals surface area contributed by atoms with E-state index in [1.165, 1.54) is 0 Å². The molecule has 0 N–H and O–H groups in total. The Morgan fingerprint density at radius 2 is 1.95 bits per heavy atom. The second-order valence-corrected chi connectivity index (χ2v) is 6.45. The topological polar surface area (TPSA) is 17.8 Å². The fourth-order valence-corrected chi connectivity index (χ4v) is 3.00. The summed E-state index contributed by atoms with van der Waals surface area (Å²) in [7, 11) is 0. The van der Waals surface area contributed by atoms with E-state index in [0.29, 0.717) is 5.02 Å². The molecule has 0 amide bonds. The summed E-state index contributed by atoms with van der Waals surface area (Å²) in [5.74, 6) is 0.802. The molecule has 0 saturated carbocycles. The van der Waals surface area contributed by atoms with Gasteiger partial charge in [-0.1, -0.05) is 23.7 Å². The largest absolute Gasteiger partial charge is 0.294 e. The average Bonchev–Trinajstić information content (AvgIpc) is 2.78. The molecule has 1 heterocycles. The van der Waals surface area contributed by atoms with Crippen LogP contribution < -0.4 is 0 Å². The van der Waals surface area contributed by atoms with Gasteiger partial charge < -0.3 is 0 Å². The Hall–Kier alpha value is -1.03. The van der Waals surface area contributed by atoms with Gasteiger partial charge in [-0.3, -0.25) is 4.57 Å². The molecule has 0 aliphatic heterocycles. The lowest BCUT2D eigenvalue weighted by Crippen LogP contribution is -2.02. The highest BCUT2D eigenvalue weighted by molar-refractivity contribution is 9.10. The number of rotatable bonds is 2. The highest BCUT2D eigenvalue weighted by Gasteiger charge is 2.17. The minimum absolute atomic E-state index is 0.201. The maximum atomic E-state index is 6.29. The average molecular weight is 370 g/mol. The summed E-state index contributed by atoms with van der Waals surface area (Å²) in [5.41, 5.74) is 2.85. The minimum Gasteiger partial charge on any atom is -0.294 e. The van der Waals surface area contributed by atoms with Crippen LogP contribution in [0.25, 0.3) is 16.7 Å². The molecule has 0 fully saturated rings. The van der Waals surface area contributed by atoms with E-state index in [1.807, 2.05) is 49.4 Å². The first-order valence-corrected chi connectivity index (χ1v) is 7.75. The van der Waals surface area contributed by atoms with Crippen molar-refractivity contribution in [3.63, 3.8) is 0 Å². The van der Waals surface area contributed by atoms with Crippen LogP contribution in [0.5, 0.6) is 0 Å². The molecule has 0 aliphatic carbocycles. The van der Waals surface area contributed by atoms with Gasteiger partial charge in [0, 0.05) is 9.50 Å². The summed E-state index contributed by atoms with van der Waals surface area (Å²) < 4.78 is 3.06. The van der Waals surface area contributed by atoms with Crippen molar-refractivity contribution >= 4 is 50.2 Å². The molecule has 3 aromatic rings. The second-order valence-electron chi connectivity index (χ2n) is 4.51. The number of aromatic nitrogens is 2. The zero-order valence-corrected chi connectivity index (χ0v) is 13.7. The quantitative estimate of drug-likeness (QED) is 0.526. The lowest BCUT2D eigenvalue weighted by atomic mass is 10.2. The Kier molecular flexibility index (Phi) is 3.76. The van der Waals surface area contributed by atoms with Crippen molar-refractivity contribution in [2.45, 2.75) is 12.3 Å². The first-order chi connectivity index (χ1) is 9.58. The molecule has 0 saturated heterocycles. The number of imidazole rings is 1. The summed E-state index contributed by atoms with van der Waals surface area (Å²) in [4.78, 5) is 4.62. The number of nitrogens with zero attached hydrogens (tertiary/aromatic N) is 2. The molecule has 0 radical (unpaired) electrons. The monoisotopic (exact) mass is 368 g/mol. The molecule has 2 nitrogen and oxygen atoms in total. The lowest BCUT2D eigenvalue weighted by Gasteiger charge is -2.12. The Morgan fingerprint density at radius 1 is 1.20 bits per heavy atom. The highest BCUT2D eigenvalue weighted by atomic mass is 79.9. The number of hydrogen-bond donors (Lipinski definition) is 0. The summed E-state index contributed by atoms with van der Waals surface area (Å²) in [6.07, 6.45) is 0. The third-order valence-electron chi connectivity index (χ3n) is 3.09. The van der Waals surface area contributed by atoms with E-state index in [-0.39, 0.29) is 5.38 Å². The van der Waals surface area contributed by atoms with Crippen LogP contribution in [0.15, 0.2) is 46.9 Å². The fourth-order valence-electron chi connectivity index (χ4n) is 2.23. The van der Waals surface area contributed by atoms with Gasteiger partial charge in [-0.25, -0.2) is 4.98 Å². The number of para-hydroxylation sites is 1. The molecule has 2 aromatic carbocycles. The van der Waals surface area contributed by atoms with Crippen molar-refractivity contribution in [2.75, 3.05) is 0 Å². The Bertz CT molecular complexity index is 781. The number of fused-ring (bicyclic) bond motifs is 1. The van der Waals surface area contributed by atoms with Gasteiger partial charge in [0.15, 0.2) is 0 Å². The van der Waals surface area contributed by atoms with Gasteiger partial charge in [-0.15, -0.1) is 11.6 Å². The summed E-state index contributed by atoms with van der Waals surface area (Å²) >= 11 is 15.9. The summed E-state index contributed by atoms with van der Waals surface area (Å²) in [6.45, 7) is 1.91. The maximum Gasteiger partial charge on any atom is 0.132 e. The molecule has 0 spiro atoms. The second kappa shape index (κ2) is 5.40. The van der Waals surface area contributed by atoms with Gasteiger partial charge in [0.2, 0.25) is 0 Å². The lowest BCUT2D eigenvalue weighted by molar-refractivity contribution is 0.880. The van der Waals surface area contributed by atoms with Crippen LogP contribution in [0.3, 0.4) is 0 Å². The normalized spacial score (nSPS) is 12.8. The van der Waals surface area contributed by atoms with E-state index in [9.17, 15) is 0 Å². The number of benzene rings is 2. The molecular weight excluding hydrogens is 359 g/mol. The van der Waals surface area contributed by atoms with E-state index in [2.05, 4.69) is 25.5 Å². The first kappa shape index (κ1) is 13.9. The van der Waals surface area contributed by atoms with Crippen LogP contribution in [-0.4, -0.2) is 9.55 Å². The predicted molar refractivity (Wildman–Crippen MR) is 88.0 cm³/mol. The van der Waals surface area contributed by atoms with Gasteiger partial charge in [0.1, 0.15) is 5.82 Å². The Balaban J connectivity index is 2.38. The Labute approximate surface area is 135 Å². The SMILES string of the molecule is CC(Cl)c1nc2cc(Cl)ccc2n1-c1ccccc1Br. The molecule has 20 heavy (non-hydrogen) atoms. The molecule has 1 unspecified atom stereocenters. The van der Waals surface area contributed by atoms with Crippen molar-refractivity contribution in [3.8, 4) is 5.69 Å². The zero-order chi connectivity index (χ0) is 14.3. The molecule has 1 aromatic heterocycles. The van der Waals surface area contributed by atoms with Crippen molar-refractivity contribution in [3.05, 3.63) is 57.8 Å². The van der Waals surface area contributed by atoms with Crippen LogP contribution >= 0.6 is 39.1 Å². The minimum atomic E-state index is -0.201. The van der Waals surface area contributed by atoms with Crippen LogP contribution in [0.4, 0.5) is 0 Å². The standard InChI is InChI=1S/C15H11BrCl2N2/c1-9(17)15-19-12-8-10(18)6-7-14(12)20(15)13-5-3-2-4-11(13)16/h2-9H,1H3. The van der Waals surface area contributed by atoms with Crippen LogP contribution in [-0.2, 0) is 0 Å². The van der Waals surface area contributed by atoms with Crippen molar-refractivity contribution in [2.24, 2.45) is 0 Å². The molecule has 3 rings (SSSR count). The Morgan fingerprint density at radius 3 is 2.65 bits per heavy atom. The molecule has 5 heteroatoms. The molecule has 102 valence electrons. The third-order valence-corrected chi connectivity index (χ3v) is 4.19. The number of halogens is 3. The first-order valence-electron chi connectivity index (χ1n) is 6.15. The van der Waals surface area contributed by atoms with Gasteiger partial charge in [-0.2, -0.15) is 0 Å². The maximum absolute atomic E-state index is 6.29. The van der Waals surface area contributed by atoms with Gasteiger partial charge in [0.25, 0.3) is 0 Å². The number of hydrogen-bond acceptors (Lipinski definition) is 1. The summed E-state index contributed by atoms with van der Waals surface area (Å²) in [5, 5.41) is 0.469. The van der Waals surface area contributed by atoms with E-state index in [1.54, 1.807) is 0 Å². The summed E-state index contributed by atoms with van der Waals surface area (Å²) in [6, 6.07) is 13.7. The van der Waals surface area contributed by atoms with E-state index in [0.717, 1.165) is 27.0 Å². The van der Waals surface area contributed by atoms with Crippen LogP contribution in [0.1, 0.15) is 18.1 Å². The van der Waals surface area contributed by atoms with E-state index >= 15 is 0 Å². The number of alkyl halides is 1. The molecule has 0 bridgehead atoms. The zero-order valence-electron chi connectivity index (χ0n) is 10.6. The predicted octanol–water partition coefficient (Wildman–Crippen LogP) is 5.74. The van der Waals surface area contributed by atoms with Crippen LogP contribution in [0.2, 0.25) is 5.02 Å². The van der Waals surface area contributed by atoms with Crippen LogP contribution in [0, 0.1) is 0 Å². The van der Waals surface area contributed by atoms with E-state index < -0.39 is 0 Å². The highest BCUT2D eigenvalue weighted by Crippen LogP contribution is 2.32. The molecule has 1 atom stereocenters. The molecular formula is C15H11BrCl2N2. The van der Waals surface area contributed by atoms with Crippen molar-refractivity contribution < 1.29 is 0 Å². The van der Waals surface area contributed by atoms with Gasteiger partial charge in [-0.05, 0) is 53.2 Å². The van der Waals surface area contributed by atoms with Gasteiger partial charge >= 0.3 is 0 Å². The molecule has 0 aliphatic rings. The van der Waals surface area contributed by atoms with Crippen molar-refractivity contribution in [1.82, 2.24) is 9.55 Å². The third kappa shape index (κ3) is 2.34. The van der Waals surface area contributed by atoms with Gasteiger partial charge in [0.05, 0.1) is 22.1 Å². The smallest absolute Gasteiger partial charge is 0.132 e. The fraction of sp³-hybridized carbons (Fsp3) is 0.133. The van der Waals surface area contributed by atoms with Crippen molar-refractivity contribution in [1.29, 1.82) is 0 Å². The van der Waals surface area contributed by atoms with E-state index in [4.69, 9.17) is 23.2 Å².